The largest absolute Gasteiger partial charge is 0.494 e. The molecule has 1 aromatic carbocycles. The number of carbonyl (C=O) groups excluding carboxylic acids is 1. The lowest BCUT2D eigenvalue weighted by molar-refractivity contribution is -0.116. The number of hydrogen-bond donors (Lipinski definition) is 1. The van der Waals surface area contributed by atoms with Gasteiger partial charge in [0.05, 0.1) is 12.4 Å². The van der Waals surface area contributed by atoms with E-state index in [1.807, 2.05) is 49.4 Å². The fraction of sp³-hybridized carbons (Fsp3) is 0.391. The smallest absolute Gasteiger partial charge is 0.244 e. The molecular weight excluding hydrogens is 428 g/mol. The predicted octanol–water partition coefficient (Wildman–Crippen LogP) is 2.15. The maximum Gasteiger partial charge on any atom is 0.244 e. The van der Waals surface area contributed by atoms with Crippen LogP contribution in [0.5, 0.6) is 5.75 Å². The molecule has 0 atom stereocenters. The summed E-state index contributed by atoms with van der Waals surface area (Å²) in [6.07, 6.45) is 5.76. The number of rotatable bonds is 10. The highest BCUT2D eigenvalue weighted by Crippen LogP contribution is 2.15. The summed E-state index contributed by atoms with van der Waals surface area (Å²) >= 11 is 0. The number of pyridine rings is 1. The second-order valence-corrected chi connectivity index (χ2v) is 9.52. The maximum absolute atomic E-state index is 12.6. The van der Waals surface area contributed by atoms with E-state index in [1.54, 1.807) is 12.3 Å². The third-order valence-corrected chi connectivity index (χ3v) is 6.92. The van der Waals surface area contributed by atoms with E-state index in [-0.39, 0.29) is 18.2 Å². The topological polar surface area (TPSA) is 91.8 Å². The van der Waals surface area contributed by atoms with Crippen molar-refractivity contribution in [1.29, 1.82) is 0 Å². The van der Waals surface area contributed by atoms with Crippen LogP contribution in [0.15, 0.2) is 54.7 Å². The van der Waals surface area contributed by atoms with E-state index in [0.717, 1.165) is 23.6 Å². The molecule has 1 amide bonds. The predicted molar refractivity (Wildman–Crippen MR) is 126 cm³/mol. The summed E-state index contributed by atoms with van der Waals surface area (Å²) in [5.41, 5.74) is 0.863. The molecule has 1 aromatic heterocycles. The molecule has 32 heavy (non-hydrogen) atoms. The van der Waals surface area contributed by atoms with Crippen LogP contribution >= 0.6 is 0 Å². The van der Waals surface area contributed by atoms with Crippen LogP contribution in [-0.4, -0.2) is 68.7 Å². The van der Waals surface area contributed by atoms with E-state index >= 15 is 0 Å². The Morgan fingerprint density at radius 3 is 2.53 bits per heavy atom. The monoisotopic (exact) mass is 458 g/mol. The van der Waals surface area contributed by atoms with Gasteiger partial charge >= 0.3 is 0 Å². The molecule has 2 aromatic rings. The van der Waals surface area contributed by atoms with E-state index in [0.29, 0.717) is 32.8 Å². The van der Waals surface area contributed by atoms with Crippen LogP contribution < -0.4 is 15.0 Å². The van der Waals surface area contributed by atoms with Gasteiger partial charge in [0.2, 0.25) is 15.9 Å². The number of piperazine rings is 1. The number of hydrogen-bond acceptors (Lipinski definition) is 6. The SMILES string of the molecule is CCCOc1ccc(/C=C/C(=O)NCCS(=O)(=O)N2CCN(c3ccccn3)CC2)cc1. The molecule has 9 heteroatoms. The van der Waals surface area contributed by atoms with Gasteiger partial charge < -0.3 is 15.0 Å². The quantitative estimate of drug-likeness (QED) is 0.549. The highest BCUT2D eigenvalue weighted by molar-refractivity contribution is 7.89. The van der Waals surface area contributed by atoms with Crippen molar-refractivity contribution in [2.45, 2.75) is 13.3 Å². The first-order chi connectivity index (χ1) is 15.5. The van der Waals surface area contributed by atoms with Gasteiger partial charge in [0.15, 0.2) is 0 Å². The molecule has 0 bridgehead atoms. The Morgan fingerprint density at radius 2 is 1.88 bits per heavy atom. The molecule has 1 fully saturated rings. The molecule has 1 saturated heterocycles. The van der Waals surface area contributed by atoms with Gasteiger partial charge in [-0.2, -0.15) is 4.31 Å². The average Bonchev–Trinajstić information content (AvgIpc) is 2.82. The van der Waals surface area contributed by atoms with Gasteiger partial charge in [-0.25, -0.2) is 13.4 Å². The molecule has 8 nitrogen and oxygen atoms in total. The summed E-state index contributed by atoms with van der Waals surface area (Å²) in [6, 6.07) is 13.1. The van der Waals surface area contributed by atoms with Crippen molar-refractivity contribution in [1.82, 2.24) is 14.6 Å². The van der Waals surface area contributed by atoms with E-state index in [9.17, 15) is 13.2 Å². The first kappa shape index (κ1) is 23.7. The Kier molecular flexibility index (Phi) is 8.64. The third-order valence-electron chi connectivity index (χ3n) is 5.04. The molecule has 3 rings (SSSR count). The lowest BCUT2D eigenvalue weighted by Crippen LogP contribution is -2.50. The molecule has 0 spiro atoms. The zero-order chi connectivity index (χ0) is 22.8. The highest BCUT2D eigenvalue weighted by atomic mass is 32.2. The lowest BCUT2D eigenvalue weighted by Gasteiger charge is -2.34. The van der Waals surface area contributed by atoms with Crippen molar-refractivity contribution in [3.8, 4) is 5.75 Å². The molecular formula is C23H30N4O4S. The Balaban J connectivity index is 1.40. The van der Waals surface area contributed by atoms with Gasteiger partial charge in [-0.05, 0) is 42.3 Å². The molecule has 0 unspecified atom stereocenters. The van der Waals surface area contributed by atoms with Crippen molar-refractivity contribution in [2.24, 2.45) is 0 Å². The second kappa shape index (κ2) is 11.6. The second-order valence-electron chi connectivity index (χ2n) is 7.43. The highest BCUT2D eigenvalue weighted by Gasteiger charge is 2.27. The summed E-state index contributed by atoms with van der Waals surface area (Å²) in [6.45, 7) is 4.78. The summed E-state index contributed by atoms with van der Waals surface area (Å²) < 4.78 is 32.2. The molecule has 2 heterocycles. The Bertz CT molecular complexity index is 986. The number of nitrogens with zero attached hydrogens (tertiary/aromatic N) is 3. The number of nitrogens with one attached hydrogen (secondary N) is 1. The van der Waals surface area contributed by atoms with Gasteiger partial charge in [-0.3, -0.25) is 4.79 Å². The Labute approximate surface area is 189 Å². The number of sulfonamides is 1. The first-order valence-corrected chi connectivity index (χ1v) is 12.4. The number of aromatic nitrogens is 1. The Hall–Kier alpha value is -2.91. The van der Waals surface area contributed by atoms with Crippen LogP contribution in [0.3, 0.4) is 0 Å². The Morgan fingerprint density at radius 1 is 1.12 bits per heavy atom. The van der Waals surface area contributed by atoms with Gasteiger partial charge in [0, 0.05) is 45.0 Å². The van der Waals surface area contributed by atoms with E-state index in [1.165, 1.54) is 10.4 Å². The van der Waals surface area contributed by atoms with E-state index in [4.69, 9.17) is 4.74 Å². The number of carbonyl (C=O) groups is 1. The molecule has 1 aliphatic rings. The van der Waals surface area contributed by atoms with Gasteiger partial charge in [-0.1, -0.05) is 25.1 Å². The van der Waals surface area contributed by atoms with Crippen LogP contribution in [0, 0.1) is 0 Å². The summed E-state index contributed by atoms with van der Waals surface area (Å²) in [5.74, 6) is 1.19. The van der Waals surface area contributed by atoms with Crippen LogP contribution in [0.25, 0.3) is 6.08 Å². The van der Waals surface area contributed by atoms with Crippen molar-refractivity contribution in [2.75, 3.05) is 50.0 Å². The van der Waals surface area contributed by atoms with E-state index in [2.05, 4.69) is 15.2 Å². The molecule has 1 aliphatic heterocycles. The summed E-state index contributed by atoms with van der Waals surface area (Å²) in [5, 5.41) is 2.65. The van der Waals surface area contributed by atoms with Crippen molar-refractivity contribution < 1.29 is 17.9 Å². The lowest BCUT2D eigenvalue weighted by atomic mass is 10.2. The van der Waals surface area contributed by atoms with Gasteiger partial charge in [0.25, 0.3) is 0 Å². The van der Waals surface area contributed by atoms with Crippen LogP contribution in [0.2, 0.25) is 0 Å². The zero-order valence-electron chi connectivity index (χ0n) is 18.3. The van der Waals surface area contributed by atoms with Gasteiger partial charge in [0.1, 0.15) is 11.6 Å². The van der Waals surface area contributed by atoms with Gasteiger partial charge in [-0.15, -0.1) is 0 Å². The average molecular weight is 459 g/mol. The standard InChI is InChI=1S/C23H30N4O4S/c1-2-18-31-21-9-6-20(7-10-21)8-11-23(28)25-13-19-32(29,30)27-16-14-26(15-17-27)22-5-3-4-12-24-22/h3-12H,2,13-19H2,1H3,(H,25,28)/b11-8+. The minimum atomic E-state index is -3.43. The summed E-state index contributed by atoms with van der Waals surface area (Å²) in [7, 11) is -3.43. The number of anilines is 1. The molecule has 172 valence electrons. The maximum atomic E-state index is 12.6. The first-order valence-electron chi connectivity index (χ1n) is 10.8. The van der Waals surface area contributed by atoms with Crippen LogP contribution in [0.4, 0.5) is 5.82 Å². The number of amides is 1. The van der Waals surface area contributed by atoms with Crippen molar-refractivity contribution >= 4 is 27.8 Å². The number of benzene rings is 1. The minimum Gasteiger partial charge on any atom is -0.494 e. The number of ether oxygens (including phenoxy) is 1. The molecule has 0 radical (unpaired) electrons. The third kappa shape index (κ3) is 7.06. The molecule has 0 saturated carbocycles. The van der Waals surface area contributed by atoms with Crippen LogP contribution in [0.1, 0.15) is 18.9 Å². The minimum absolute atomic E-state index is 0.0652. The van der Waals surface area contributed by atoms with Crippen LogP contribution in [-0.2, 0) is 14.8 Å². The van der Waals surface area contributed by atoms with Crippen molar-refractivity contribution in [3.05, 3.63) is 60.3 Å². The molecule has 0 aliphatic carbocycles. The summed E-state index contributed by atoms with van der Waals surface area (Å²) in [4.78, 5) is 18.4. The zero-order valence-corrected chi connectivity index (χ0v) is 19.1. The normalized spacial score (nSPS) is 15.1. The fourth-order valence-electron chi connectivity index (χ4n) is 3.29. The van der Waals surface area contributed by atoms with Crippen molar-refractivity contribution in [3.63, 3.8) is 0 Å². The molecule has 1 N–H and O–H groups in total. The fourth-order valence-corrected chi connectivity index (χ4v) is 4.63. The van der Waals surface area contributed by atoms with E-state index < -0.39 is 10.0 Å².